The summed E-state index contributed by atoms with van der Waals surface area (Å²) in [4.78, 5) is 0. The van der Waals surface area contributed by atoms with E-state index in [9.17, 15) is 4.39 Å². The van der Waals surface area contributed by atoms with Crippen LogP contribution in [0.25, 0.3) is 0 Å². The molecule has 18 heavy (non-hydrogen) atoms. The maximum absolute atomic E-state index is 12.9. The summed E-state index contributed by atoms with van der Waals surface area (Å²) in [5.74, 6) is -0.236. The highest BCUT2D eigenvalue weighted by atomic mass is 35.5. The Morgan fingerprint density at radius 1 is 0.944 bits per heavy atom. The first-order valence-electron chi connectivity index (χ1n) is 5.96. The van der Waals surface area contributed by atoms with Crippen LogP contribution < -0.4 is 0 Å². The molecule has 1 atom stereocenters. The summed E-state index contributed by atoms with van der Waals surface area (Å²) in [6.45, 7) is 6.20. The SMILES string of the molecule is Cc1cc(C)c(C(Cl)c2ccc(F)cc2)c(C)c1. The average molecular weight is 263 g/mol. The Morgan fingerprint density at radius 3 is 1.94 bits per heavy atom. The summed E-state index contributed by atoms with van der Waals surface area (Å²) in [6, 6.07) is 10.6. The predicted molar refractivity (Wildman–Crippen MR) is 74.7 cm³/mol. The lowest BCUT2D eigenvalue weighted by molar-refractivity contribution is 0.627. The maximum Gasteiger partial charge on any atom is 0.123 e. The Morgan fingerprint density at radius 2 is 1.44 bits per heavy atom. The monoisotopic (exact) mass is 262 g/mol. The lowest BCUT2D eigenvalue weighted by Gasteiger charge is -2.17. The van der Waals surface area contributed by atoms with E-state index in [0.29, 0.717) is 0 Å². The van der Waals surface area contributed by atoms with Gasteiger partial charge in [0.2, 0.25) is 0 Å². The highest BCUT2D eigenvalue weighted by Crippen LogP contribution is 2.33. The van der Waals surface area contributed by atoms with Gasteiger partial charge in [0, 0.05) is 0 Å². The Bertz CT molecular complexity index is 535. The Hall–Kier alpha value is -1.34. The second kappa shape index (κ2) is 5.11. The minimum atomic E-state index is -0.236. The molecular formula is C16H16ClF. The minimum absolute atomic E-state index is 0.230. The number of hydrogen-bond acceptors (Lipinski definition) is 0. The molecule has 0 aliphatic heterocycles. The van der Waals surface area contributed by atoms with Crippen LogP contribution in [0, 0.1) is 26.6 Å². The molecule has 0 bridgehead atoms. The molecule has 2 heteroatoms. The van der Waals surface area contributed by atoms with Gasteiger partial charge in [0.05, 0.1) is 5.38 Å². The third-order valence-electron chi connectivity index (χ3n) is 3.15. The summed E-state index contributed by atoms with van der Waals surface area (Å²) >= 11 is 6.52. The molecule has 0 saturated carbocycles. The van der Waals surface area contributed by atoms with Crippen molar-refractivity contribution in [2.45, 2.75) is 26.1 Å². The van der Waals surface area contributed by atoms with Crippen LogP contribution in [-0.2, 0) is 0 Å². The van der Waals surface area contributed by atoms with Crippen molar-refractivity contribution in [3.63, 3.8) is 0 Å². The first-order valence-corrected chi connectivity index (χ1v) is 6.40. The van der Waals surface area contributed by atoms with Gasteiger partial charge in [-0.3, -0.25) is 0 Å². The molecule has 0 aliphatic carbocycles. The van der Waals surface area contributed by atoms with Gasteiger partial charge < -0.3 is 0 Å². The van der Waals surface area contributed by atoms with Gasteiger partial charge in [-0.15, -0.1) is 11.6 Å². The zero-order valence-corrected chi connectivity index (χ0v) is 11.6. The van der Waals surface area contributed by atoms with E-state index in [-0.39, 0.29) is 11.2 Å². The molecule has 0 N–H and O–H groups in total. The minimum Gasteiger partial charge on any atom is -0.207 e. The fourth-order valence-corrected chi connectivity index (χ4v) is 2.88. The molecule has 2 aromatic carbocycles. The smallest absolute Gasteiger partial charge is 0.123 e. The zero-order chi connectivity index (χ0) is 13.3. The molecular weight excluding hydrogens is 247 g/mol. The Labute approximate surface area is 112 Å². The summed E-state index contributed by atoms with van der Waals surface area (Å²) < 4.78 is 12.9. The van der Waals surface area contributed by atoms with Gasteiger partial charge >= 0.3 is 0 Å². The summed E-state index contributed by atoms with van der Waals surface area (Å²) in [6.07, 6.45) is 0. The molecule has 0 aromatic heterocycles. The second-order valence-electron chi connectivity index (χ2n) is 4.73. The summed E-state index contributed by atoms with van der Waals surface area (Å²) in [7, 11) is 0. The van der Waals surface area contributed by atoms with Crippen molar-refractivity contribution in [2.24, 2.45) is 0 Å². The number of benzene rings is 2. The molecule has 0 fully saturated rings. The van der Waals surface area contributed by atoms with E-state index in [0.717, 1.165) is 11.1 Å². The van der Waals surface area contributed by atoms with Crippen molar-refractivity contribution in [2.75, 3.05) is 0 Å². The van der Waals surface area contributed by atoms with Crippen LogP contribution >= 0.6 is 11.6 Å². The largest absolute Gasteiger partial charge is 0.207 e. The normalized spacial score (nSPS) is 12.5. The number of hydrogen-bond donors (Lipinski definition) is 0. The number of alkyl halides is 1. The van der Waals surface area contributed by atoms with Crippen molar-refractivity contribution in [1.82, 2.24) is 0 Å². The highest BCUT2D eigenvalue weighted by molar-refractivity contribution is 6.22. The van der Waals surface area contributed by atoms with Crippen molar-refractivity contribution >= 4 is 11.6 Å². The molecule has 0 saturated heterocycles. The third-order valence-corrected chi connectivity index (χ3v) is 3.62. The predicted octanol–water partition coefficient (Wildman–Crippen LogP) is 5.08. The molecule has 0 amide bonds. The first-order chi connectivity index (χ1) is 8.49. The van der Waals surface area contributed by atoms with Gasteiger partial charge in [-0.1, -0.05) is 29.8 Å². The molecule has 1 unspecified atom stereocenters. The molecule has 2 aromatic rings. The van der Waals surface area contributed by atoms with Gasteiger partial charge in [-0.25, -0.2) is 4.39 Å². The summed E-state index contributed by atoms with van der Waals surface area (Å²) in [5, 5.41) is -0.230. The molecule has 2 rings (SSSR count). The zero-order valence-electron chi connectivity index (χ0n) is 10.8. The van der Waals surface area contributed by atoms with E-state index >= 15 is 0 Å². The molecule has 0 nitrogen and oxygen atoms in total. The number of halogens is 2. The summed E-state index contributed by atoms with van der Waals surface area (Å²) in [5.41, 5.74) is 5.63. The van der Waals surface area contributed by atoms with Crippen LogP contribution in [0.2, 0.25) is 0 Å². The topological polar surface area (TPSA) is 0 Å². The lowest BCUT2D eigenvalue weighted by atomic mass is 9.94. The molecule has 0 heterocycles. The number of rotatable bonds is 2. The van der Waals surface area contributed by atoms with Gasteiger partial charge in [0.25, 0.3) is 0 Å². The van der Waals surface area contributed by atoms with Crippen molar-refractivity contribution < 1.29 is 4.39 Å². The Kier molecular flexibility index (Phi) is 3.72. The second-order valence-corrected chi connectivity index (χ2v) is 5.16. The van der Waals surface area contributed by atoms with Crippen LogP contribution in [-0.4, -0.2) is 0 Å². The Balaban J connectivity index is 2.46. The standard InChI is InChI=1S/C16H16ClF/c1-10-8-11(2)15(12(3)9-10)16(17)13-4-6-14(18)7-5-13/h4-9,16H,1-3H3. The van der Waals surface area contributed by atoms with E-state index in [4.69, 9.17) is 11.6 Å². The van der Waals surface area contributed by atoms with E-state index in [1.807, 2.05) is 0 Å². The first kappa shape index (κ1) is 13.1. The highest BCUT2D eigenvalue weighted by Gasteiger charge is 2.16. The van der Waals surface area contributed by atoms with Crippen LogP contribution in [0.3, 0.4) is 0 Å². The molecule has 94 valence electrons. The molecule has 0 spiro atoms. The van der Waals surface area contributed by atoms with Crippen LogP contribution in [0.5, 0.6) is 0 Å². The maximum atomic E-state index is 12.9. The quantitative estimate of drug-likeness (QED) is 0.662. The molecule has 0 radical (unpaired) electrons. The van der Waals surface area contributed by atoms with Gasteiger partial charge in [0.15, 0.2) is 0 Å². The van der Waals surface area contributed by atoms with Crippen molar-refractivity contribution in [3.05, 3.63) is 70.0 Å². The third kappa shape index (κ3) is 2.56. The fraction of sp³-hybridized carbons (Fsp3) is 0.250. The van der Waals surface area contributed by atoms with Crippen molar-refractivity contribution in [1.29, 1.82) is 0 Å². The van der Waals surface area contributed by atoms with E-state index in [1.54, 1.807) is 12.1 Å². The lowest BCUT2D eigenvalue weighted by Crippen LogP contribution is -2.00. The van der Waals surface area contributed by atoms with Crippen LogP contribution in [0.1, 0.15) is 33.2 Å². The fourth-order valence-electron chi connectivity index (χ4n) is 2.39. The van der Waals surface area contributed by atoms with E-state index < -0.39 is 0 Å². The molecule has 0 aliphatic rings. The van der Waals surface area contributed by atoms with Crippen LogP contribution in [0.15, 0.2) is 36.4 Å². The van der Waals surface area contributed by atoms with Crippen molar-refractivity contribution in [3.8, 4) is 0 Å². The van der Waals surface area contributed by atoms with Crippen LogP contribution in [0.4, 0.5) is 4.39 Å². The van der Waals surface area contributed by atoms with E-state index in [2.05, 4.69) is 32.9 Å². The average Bonchev–Trinajstić information content (AvgIpc) is 2.28. The number of aryl methyl sites for hydroxylation is 3. The van der Waals surface area contributed by atoms with Gasteiger partial charge in [-0.2, -0.15) is 0 Å². The van der Waals surface area contributed by atoms with Gasteiger partial charge in [0.1, 0.15) is 5.82 Å². The van der Waals surface area contributed by atoms with Gasteiger partial charge in [-0.05, 0) is 55.2 Å². The van der Waals surface area contributed by atoms with E-state index in [1.165, 1.54) is 28.8 Å².